The van der Waals surface area contributed by atoms with E-state index in [1.807, 2.05) is 0 Å². The normalized spacial score (nSPS) is 13.1. The number of aryl methyl sites for hydroxylation is 1. The molecule has 0 aliphatic rings. The van der Waals surface area contributed by atoms with E-state index in [-0.39, 0.29) is 0 Å². The Hall–Kier alpha value is -0.820. The second kappa shape index (κ2) is 6.05. The van der Waals surface area contributed by atoms with Gasteiger partial charge in [0.05, 0.1) is 0 Å². The minimum absolute atomic E-state index is 0.589. The molecular formula is C15H25N. The fraction of sp³-hybridized carbons (Fsp3) is 0.600. The molecule has 0 radical (unpaired) electrons. The second-order valence-electron chi connectivity index (χ2n) is 5.09. The Morgan fingerprint density at radius 1 is 1.12 bits per heavy atom. The average molecular weight is 219 g/mol. The summed E-state index contributed by atoms with van der Waals surface area (Å²) in [7, 11) is 0. The van der Waals surface area contributed by atoms with Gasteiger partial charge >= 0.3 is 0 Å². The Morgan fingerprint density at radius 3 is 2.44 bits per heavy atom. The zero-order valence-corrected chi connectivity index (χ0v) is 11.3. The zero-order valence-electron chi connectivity index (χ0n) is 11.3. The molecule has 0 aromatic heterocycles. The first-order valence-electron chi connectivity index (χ1n) is 6.32. The van der Waals surface area contributed by atoms with Gasteiger partial charge in [0.25, 0.3) is 0 Å². The smallest absolute Gasteiger partial charge is 0.00103 e. The van der Waals surface area contributed by atoms with E-state index in [0.29, 0.717) is 12.0 Å². The van der Waals surface area contributed by atoms with E-state index < -0.39 is 0 Å². The molecule has 0 saturated heterocycles. The van der Waals surface area contributed by atoms with Crippen molar-refractivity contribution in [2.75, 3.05) is 6.54 Å². The first-order chi connectivity index (χ1) is 7.52. The summed E-state index contributed by atoms with van der Waals surface area (Å²) < 4.78 is 0. The molecule has 0 amide bonds. The number of hydrogen-bond donors (Lipinski definition) is 1. The van der Waals surface area contributed by atoms with Crippen molar-refractivity contribution in [1.82, 2.24) is 5.32 Å². The minimum Gasteiger partial charge on any atom is -0.315 e. The van der Waals surface area contributed by atoms with Gasteiger partial charge in [-0.2, -0.15) is 0 Å². The van der Waals surface area contributed by atoms with Crippen LogP contribution < -0.4 is 5.32 Å². The molecule has 1 N–H and O–H groups in total. The van der Waals surface area contributed by atoms with Crippen molar-refractivity contribution in [3.05, 3.63) is 34.9 Å². The van der Waals surface area contributed by atoms with Gasteiger partial charge in [-0.1, -0.05) is 39.0 Å². The van der Waals surface area contributed by atoms with Crippen LogP contribution in [0.25, 0.3) is 0 Å². The van der Waals surface area contributed by atoms with Gasteiger partial charge in [0.1, 0.15) is 0 Å². The lowest BCUT2D eigenvalue weighted by Gasteiger charge is -2.17. The zero-order chi connectivity index (χ0) is 12.1. The number of benzene rings is 1. The van der Waals surface area contributed by atoms with Crippen LogP contribution in [0.5, 0.6) is 0 Å². The fourth-order valence-corrected chi connectivity index (χ4v) is 2.05. The van der Waals surface area contributed by atoms with Crippen molar-refractivity contribution in [1.29, 1.82) is 0 Å². The summed E-state index contributed by atoms with van der Waals surface area (Å²) in [4.78, 5) is 0. The molecular weight excluding hydrogens is 194 g/mol. The van der Waals surface area contributed by atoms with Gasteiger partial charge in [-0.25, -0.2) is 0 Å². The Kier molecular flexibility index (Phi) is 5.01. The Morgan fingerprint density at radius 2 is 1.81 bits per heavy atom. The quantitative estimate of drug-likeness (QED) is 0.794. The van der Waals surface area contributed by atoms with Crippen LogP contribution in [0.3, 0.4) is 0 Å². The molecule has 0 spiro atoms. The van der Waals surface area contributed by atoms with Crippen LogP contribution in [-0.2, 0) is 0 Å². The summed E-state index contributed by atoms with van der Waals surface area (Å²) >= 11 is 0. The van der Waals surface area contributed by atoms with Crippen molar-refractivity contribution in [2.24, 2.45) is 0 Å². The highest BCUT2D eigenvalue weighted by molar-refractivity contribution is 5.35. The second-order valence-corrected chi connectivity index (χ2v) is 5.09. The average Bonchev–Trinajstić information content (AvgIpc) is 2.21. The van der Waals surface area contributed by atoms with E-state index in [0.717, 1.165) is 6.54 Å². The van der Waals surface area contributed by atoms with Crippen LogP contribution >= 0.6 is 0 Å². The molecule has 1 unspecified atom stereocenters. The predicted molar refractivity (Wildman–Crippen MR) is 72.1 cm³/mol. The third kappa shape index (κ3) is 3.64. The molecule has 0 heterocycles. The SMILES string of the molecule is Cc1cccc(C(C)CCNC(C)C)c1C. The topological polar surface area (TPSA) is 12.0 Å². The Balaban J connectivity index is 2.59. The summed E-state index contributed by atoms with van der Waals surface area (Å²) in [6.07, 6.45) is 1.21. The summed E-state index contributed by atoms with van der Waals surface area (Å²) in [5, 5.41) is 3.48. The van der Waals surface area contributed by atoms with Gasteiger partial charge in [-0.3, -0.25) is 0 Å². The van der Waals surface area contributed by atoms with Crippen LogP contribution in [0, 0.1) is 13.8 Å². The van der Waals surface area contributed by atoms with Gasteiger partial charge in [-0.05, 0) is 49.4 Å². The van der Waals surface area contributed by atoms with Crippen molar-refractivity contribution in [2.45, 2.75) is 53.0 Å². The molecule has 0 saturated carbocycles. The van der Waals surface area contributed by atoms with E-state index in [4.69, 9.17) is 0 Å². The van der Waals surface area contributed by atoms with Gasteiger partial charge in [0, 0.05) is 6.04 Å². The molecule has 1 heteroatoms. The minimum atomic E-state index is 0.589. The summed E-state index contributed by atoms with van der Waals surface area (Å²) in [6, 6.07) is 7.22. The summed E-state index contributed by atoms with van der Waals surface area (Å²) in [5.41, 5.74) is 4.37. The fourth-order valence-electron chi connectivity index (χ4n) is 2.05. The maximum absolute atomic E-state index is 3.48. The monoisotopic (exact) mass is 219 g/mol. The maximum atomic E-state index is 3.48. The number of nitrogens with one attached hydrogen (secondary N) is 1. The predicted octanol–water partition coefficient (Wildman–Crippen LogP) is 3.80. The molecule has 1 atom stereocenters. The molecule has 0 aliphatic heterocycles. The lowest BCUT2D eigenvalue weighted by Crippen LogP contribution is -2.24. The third-order valence-corrected chi connectivity index (χ3v) is 3.31. The standard InChI is InChI=1S/C15H25N/c1-11(2)16-10-9-13(4)15-8-6-7-12(3)14(15)5/h6-8,11,13,16H,9-10H2,1-5H3. The third-order valence-electron chi connectivity index (χ3n) is 3.31. The lowest BCUT2D eigenvalue weighted by molar-refractivity contribution is 0.540. The van der Waals surface area contributed by atoms with Crippen LogP contribution in [-0.4, -0.2) is 12.6 Å². The molecule has 0 fully saturated rings. The molecule has 0 aliphatic carbocycles. The van der Waals surface area contributed by atoms with Crippen LogP contribution in [0.4, 0.5) is 0 Å². The first-order valence-corrected chi connectivity index (χ1v) is 6.32. The molecule has 1 aromatic rings. The molecule has 0 bridgehead atoms. The Labute approximate surface area is 100 Å². The maximum Gasteiger partial charge on any atom is 0.00103 e. The Bertz CT molecular complexity index is 328. The molecule has 1 aromatic carbocycles. The molecule has 1 nitrogen and oxygen atoms in total. The lowest BCUT2D eigenvalue weighted by atomic mass is 9.91. The van der Waals surface area contributed by atoms with Crippen molar-refractivity contribution < 1.29 is 0 Å². The van der Waals surface area contributed by atoms with Gasteiger partial charge in [0.2, 0.25) is 0 Å². The van der Waals surface area contributed by atoms with E-state index >= 15 is 0 Å². The number of hydrogen-bond acceptors (Lipinski definition) is 1. The first kappa shape index (κ1) is 13.2. The van der Waals surface area contributed by atoms with Crippen LogP contribution in [0.1, 0.15) is 49.8 Å². The van der Waals surface area contributed by atoms with Crippen LogP contribution in [0.2, 0.25) is 0 Å². The molecule has 16 heavy (non-hydrogen) atoms. The molecule has 90 valence electrons. The van der Waals surface area contributed by atoms with E-state index in [1.165, 1.54) is 23.1 Å². The van der Waals surface area contributed by atoms with Crippen molar-refractivity contribution in [3.8, 4) is 0 Å². The van der Waals surface area contributed by atoms with Gasteiger partial charge in [-0.15, -0.1) is 0 Å². The number of rotatable bonds is 5. The van der Waals surface area contributed by atoms with E-state index in [2.05, 4.69) is 58.1 Å². The largest absolute Gasteiger partial charge is 0.315 e. The highest BCUT2D eigenvalue weighted by atomic mass is 14.9. The highest BCUT2D eigenvalue weighted by Crippen LogP contribution is 2.24. The van der Waals surface area contributed by atoms with E-state index in [9.17, 15) is 0 Å². The van der Waals surface area contributed by atoms with Crippen molar-refractivity contribution in [3.63, 3.8) is 0 Å². The van der Waals surface area contributed by atoms with E-state index in [1.54, 1.807) is 0 Å². The van der Waals surface area contributed by atoms with Gasteiger partial charge in [0.15, 0.2) is 0 Å². The summed E-state index contributed by atoms with van der Waals surface area (Å²) in [5.74, 6) is 0.645. The van der Waals surface area contributed by atoms with Crippen LogP contribution in [0.15, 0.2) is 18.2 Å². The van der Waals surface area contributed by atoms with Crippen molar-refractivity contribution >= 4 is 0 Å². The van der Waals surface area contributed by atoms with Gasteiger partial charge < -0.3 is 5.32 Å². The molecule has 1 rings (SSSR count). The highest BCUT2D eigenvalue weighted by Gasteiger charge is 2.09. The summed E-state index contributed by atoms with van der Waals surface area (Å²) in [6.45, 7) is 12.2.